The lowest BCUT2D eigenvalue weighted by Crippen LogP contribution is -2.46. The highest BCUT2D eigenvalue weighted by Crippen LogP contribution is 2.32. The first-order chi connectivity index (χ1) is 14.8. The summed E-state index contributed by atoms with van der Waals surface area (Å²) in [5.74, 6) is -0.0422. The van der Waals surface area contributed by atoms with Crippen LogP contribution in [0.2, 0.25) is 0 Å². The first-order valence-corrected chi connectivity index (χ1v) is 11.1. The van der Waals surface area contributed by atoms with Crippen LogP contribution in [0.4, 0.5) is 23.7 Å². The normalized spacial score (nSPS) is 22.9. The van der Waals surface area contributed by atoms with Gasteiger partial charge in [-0.1, -0.05) is 6.07 Å². The molecule has 1 aromatic carbocycles. The van der Waals surface area contributed by atoms with E-state index in [2.05, 4.69) is 4.90 Å². The number of urea groups is 1. The van der Waals surface area contributed by atoms with Crippen molar-refractivity contribution in [3.8, 4) is 0 Å². The minimum absolute atomic E-state index is 0.0422. The Hall–Kier alpha value is -2.29. The van der Waals surface area contributed by atoms with Crippen molar-refractivity contribution in [3.05, 3.63) is 29.8 Å². The average Bonchev–Trinajstić information content (AvgIpc) is 3.01. The topological polar surface area (TPSA) is 47.1 Å². The molecule has 3 aliphatic rings. The Morgan fingerprint density at radius 2 is 1.68 bits per heavy atom. The average molecular weight is 438 g/mol. The van der Waals surface area contributed by atoms with E-state index in [0.29, 0.717) is 31.9 Å². The minimum Gasteiger partial charge on any atom is -0.369 e. The lowest BCUT2D eigenvalue weighted by Gasteiger charge is -2.36. The van der Waals surface area contributed by atoms with Crippen molar-refractivity contribution in [2.45, 2.75) is 44.3 Å². The SMILES string of the molecule is O=C1[C@H]2CCCCN2C(=O)N1CCCCN1CCN(c2cccc(C(F)(F)F)c2)CC1. The summed E-state index contributed by atoms with van der Waals surface area (Å²) in [6.07, 6.45) is 0.0650. The van der Waals surface area contributed by atoms with E-state index in [-0.39, 0.29) is 18.0 Å². The van der Waals surface area contributed by atoms with Gasteiger partial charge in [-0.25, -0.2) is 4.79 Å². The molecule has 0 N–H and O–H groups in total. The molecule has 0 unspecified atom stereocenters. The number of piperidine rings is 1. The van der Waals surface area contributed by atoms with Crippen LogP contribution in [0, 0.1) is 0 Å². The van der Waals surface area contributed by atoms with Gasteiger partial charge in [-0.2, -0.15) is 13.2 Å². The van der Waals surface area contributed by atoms with Gasteiger partial charge in [-0.15, -0.1) is 0 Å². The molecule has 0 saturated carbocycles. The predicted octanol–water partition coefficient (Wildman–Crippen LogP) is 3.42. The van der Waals surface area contributed by atoms with Crippen molar-refractivity contribution >= 4 is 17.6 Å². The molecule has 9 heteroatoms. The summed E-state index contributed by atoms with van der Waals surface area (Å²) < 4.78 is 38.8. The smallest absolute Gasteiger partial charge is 0.369 e. The lowest BCUT2D eigenvalue weighted by molar-refractivity contribution is -0.137. The number of hydrogen-bond acceptors (Lipinski definition) is 4. The molecular weight excluding hydrogens is 409 g/mol. The number of fused-ring (bicyclic) bond motifs is 1. The molecule has 0 aliphatic carbocycles. The highest BCUT2D eigenvalue weighted by atomic mass is 19.4. The van der Waals surface area contributed by atoms with Crippen LogP contribution in [0.1, 0.15) is 37.7 Å². The maximum absolute atomic E-state index is 12.9. The third kappa shape index (κ3) is 4.81. The van der Waals surface area contributed by atoms with E-state index in [1.54, 1.807) is 11.0 Å². The number of anilines is 1. The second-order valence-electron chi connectivity index (χ2n) is 8.56. The molecule has 3 fully saturated rings. The van der Waals surface area contributed by atoms with E-state index in [9.17, 15) is 22.8 Å². The number of rotatable bonds is 6. The molecular formula is C22H29F3N4O2. The highest BCUT2D eigenvalue weighted by molar-refractivity contribution is 6.04. The summed E-state index contributed by atoms with van der Waals surface area (Å²) in [6, 6.07) is 5.12. The molecule has 1 aromatic rings. The second-order valence-corrected chi connectivity index (χ2v) is 8.56. The minimum atomic E-state index is -4.33. The molecule has 1 atom stereocenters. The largest absolute Gasteiger partial charge is 0.416 e. The van der Waals surface area contributed by atoms with Gasteiger partial charge >= 0.3 is 12.2 Å². The van der Waals surface area contributed by atoms with E-state index in [1.165, 1.54) is 17.0 Å². The van der Waals surface area contributed by atoms with E-state index >= 15 is 0 Å². The lowest BCUT2D eigenvalue weighted by atomic mass is 10.0. The Bertz CT molecular complexity index is 784. The summed E-state index contributed by atoms with van der Waals surface area (Å²) in [6.45, 7) is 4.94. The van der Waals surface area contributed by atoms with Crippen LogP contribution in [0.3, 0.4) is 0 Å². The molecule has 170 valence electrons. The zero-order valence-electron chi connectivity index (χ0n) is 17.6. The van der Waals surface area contributed by atoms with E-state index in [1.807, 2.05) is 4.90 Å². The fourth-order valence-electron chi connectivity index (χ4n) is 4.77. The molecule has 4 rings (SSSR count). The van der Waals surface area contributed by atoms with Crippen molar-refractivity contribution < 1.29 is 22.8 Å². The van der Waals surface area contributed by atoms with Crippen LogP contribution in [-0.2, 0) is 11.0 Å². The second kappa shape index (κ2) is 9.06. The number of piperazine rings is 1. The summed E-state index contributed by atoms with van der Waals surface area (Å²) in [4.78, 5) is 32.3. The van der Waals surface area contributed by atoms with Crippen molar-refractivity contribution in [2.24, 2.45) is 0 Å². The summed E-state index contributed by atoms with van der Waals surface area (Å²) in [7, 11) is 0. The zero-order valence-corrected chi connectivity index (χ0v) is 17.6. The molecule has 6 nitrogen and oxygen atoms in total. The van der Waals surface area contributed by atoms with Gasteiger partial charge < -0.3 is 9.80 Å². The van der Waals surface area contributed by atoms with E-state index < -0.39 is 11.7 Å². The fraction of sp³-hybridized carbons (Fsp3) is 0.636. The van der Waals surface area contributed by atoms with Gasteiger partial charge in [0.25, 0.3) is 5.91 Å². The van der Waals surface area contributed by atoms with Crippen LogP contribution in [0.5, 0.6) is 0 Å². The van der Waals surface area contributed by atoms with Gasteiger partial charge in [0.05, 0.1) is 5.56 Å². The number of carbonyl (C=O) groups is 2. The Kier molecular flexibility index (Phi) is 6.41. The summed E-state index contributed by atoms with van der Waals surface area (Å²) >= 11 is 0. The first-order valence-electron chi connectivity index (χ1n) is 11.1. The van der Waals surface area contributed by atoms with Gasteiger partial charge in [0, 0.05) is 45.0 Å². The van der Waals surface area contributed by atoms with Gasteiger partial charge in [-0.05, 0) is 56.8 Å². The molecule has 0 aromatic heterocycles. The molecule has 3 amide bonds. The molecule has 3 heterocycles. The monoisotopic (exact) mass is 438 g/mol. The molecule has 3 saturated heterocycles. The number of benzene rings is 1. The van der Waals surface area contributed by atoms with Gasteiger partial charge in [0.15, 0.2) is 0 Å². The van der Waals surface area contributed by atoms with Crippen LogP contribution in [0.25, 0.3) is 0 Å². The number of imide groups is 1. The quantitative estimate of drug-likeness (QED) is 0.505. The third-order valence-electron chi connectivity index (χ3n) is 6.55. The van der Waals surface area contributed by atoms with E-state index in [4.69, 9.17) is 0 Å². The van der Waals surface area contributed by atoms with Crippen LogP contribution >= 0.6 is 0 Å². The molecule has 0 bridgehead atoms. The molecule has 31 heavy (non-hydrogen) atoms. The third-order valence-corrected chi connectivity index (χ3v) is 6.55. The number of hydrogen-bond donors (Lipinski definition) is 0. The number of amides is 3. The zero-order chi connectivity index (χ0) is 22.0. The fourth-order valence-corrected chi connectivity index (χ4v) is 4.77. The number of carbonyl (C=O) groups excluding carboxylic acids is 2. The molecule has 3 aliphatic heterocycles. The van der Waals surface area contributed by atoms with Crippen molar-refractivity contribution in [3.63, 3.8) is 0 Å². The Labute approximate surface area is 180 Å². The van der Waals surface area contributed by atoms with Gasteiger partial charge in [0.2, 0.25) is 0 Å². The molecule has 0 spiro atoms. The van der Waals surface area contributed by atoms with Gasteiger partial charge in [0.1, 0.15) is 6.04 Å². The number of unbranched alkanes of at least 4 members (excludes halogenated alkanes) is 1. The van der Waals surface area contributed by atoms with Crippen molar-refractivity contribution in [1.82, 2.24) is 14.7 Å². The maximum Gasteiger partial charge on any atom is 0.416 e. The van der Waals surface area contributed by atoms with Crippen LogP contribution in [-0.4, -0.2) is 78.5 Å². The van der Waals surface area contributed by atoms with Crippen molar-refractivity contribution in [2.75, 3.05) is 50.7 Å². The van der Waals surface area contributed by atoms with E-state index in [0.717, 1.165) is 57.8 Å². The number of halogens is 3. The predicted molar refractivity (Wildman–Crippen MR) is 111 cm³/mol. The number of nitrogens with zero attached hydrogens (tertiary/aromatic N) is 4. The maximum atomic E-state index is 12.9. The van der Waals surface area contributed by atoms with Crippen LogP contribution in [0.15, 0.2) is 24.3 Å². The Morgan fingerprint density at radius 3 is 2.39 bits per heavy atom. The Balaban J connectivity index is 1.19. The summed E-state index contributed by atoms with van der Waals surface area (Å²) in [5.41, 5.74) is -0.00777. The van der Waals surface area contributed by atoms with Gasteiger partial charge in [-0.3, -0.25) is 14.6 Å². The molecule has 0 radical (unpaired) electrons. The van der Waals surface area contributed by atoms with Crippen molar-refractivity contribution in [1.29, 1.82) is 0 Å². The first kappa shape index (κ1) is 21.9. The number of alkyl halides is 3. The Morgan fingerprint density at radius 1 is 0.935 bits per heavy atom. The summed E-state index contributed by atoms with van der Waals surface area (Å²) in [5, 5.41) is 0. The van der Waals surface area contributed by atoms with Crippen LogP contribution < -0.4 is 4.90 Å². The highest BCUT2D eigenvalue weighted by Gasteiger charge is 2.45. The standard InChI is InChI=1S/C22H29F3N4O2/c23-22(24,25)17-6-5-7-18(16-17)27-14-12-26(13-15-27)9-3-4-11-29-20(30)19-8-1-2-10-28(19)21(29)31/h5-7,16,19H,1-4,8-15H2/t19-/m1/s1.